The fraction of sp³-hybridized carbons (Fsp3) is 0.154. The van der Waals surface area contributed by atoms with Gasteiger partial charge in [-0.2, -0.15) is 0 Å². The molecule has 0 aliphatic rings. The smallest absolute Gasteiger partial charge is 0.352 e. The van der Waals surface area contributed by atoms with Gasteiger partial charge in [0.25, 0.3) is 0 Å². The maximum absolute atomic E-state index is 11.2. The van der Waals surface area contributed by atoms with E-state index in [2.05, 4.69) is 0 Å². The number of carbonyl (C=O) groups is 1. The standard InChI is InChI=1S/C13H12ClNO3/c1-2-18-12-6-4-3-5-10(12)15-8-9(14)7-11(15)13(16)17/h3-8H,2H2,1H3,(H,16,17). The zero-order valence-electron chi connectivity index (χ0n) is 9.76. The van der Waals surface area contributed by atoms with Crippen LogP contribution in [0.1, 0.15) is 17.4 Å². The molecule has 0 radical (unpaired) electrons. The molecule has 0 saturated carbocycles. The predicted octanol–water partition coefficient (Wildman–Crippen LogP) is 3.23. The van der Waals surface area contributed by atoms with Crippen LogP contribution in [0.25, 0.3) is 5.69 Å². The summed E-state index contributed by atoms with van der Waals surface area (Å²) in [5.41, 5.74) is 0.760. The average Bonchev–Trinajstić information content (AvgIpc) is 2.72. The molecule has 1 aromatic heterocycles. The maximum atomic E-state index is 11.2. The second-order valence-electron chi connectivity index (χ2n) is 3.62. The minimum Gasteiger partial charge on any atom is -0.492 e. The average molecular weight is 266 g/mol. The first kappa shape index (κ1) is 12.5. The third-order valence-electron chi connectivity index (χ3n) is 2.43. The Morgan fingerprint density at radius 3 is 2.83 bits per heavy atom. The summed E-state index contributed by atoms with van der Waals surface area (Å²) in [5.74, 6) is -0.414. The molecule has 0 aliphatic carbocycles. The van der Waals surface area contributed by atoms with Gasteiger partial charge in [0.1, 0.15) is 11.4 Å². The van der Waals surface area contributed by atoms with Crippen molar-refractivity contribution in [2.75, 3.05) is 6.61 Å². The van der Waals surface area contributed by atoms with Crippen molar-refractivity contribution < 1.29 is 14.6 Å². The predicted molar refractivity (Wildman–Crippen MR) is 68.9 cm³/mol. The molecule has 94 valence electrons. The van der Waals surface area contributed by atoms with Crippen molar-refractivity contribution in [1.29, 1.82) is 0 Å². The van der Waals surface area contributed by atoms with Gasteiger partial charge in [0.15, 0.2) is 0 Å². The third kappa shape index (κ3) is 2.33. The molecule has 0 bridgehead atoms. The van der Waals surface area contributed by atoms with Crippen LogP contribution in [-0.4, -0.2) is 22.2 Å². The number of para-hydroxylation sites is 2. The quantitative estimate of drug-likeness (QED) is 0.923. The highest BCUT2D eigenvalue weighted by Crippen LogP contribution is 2.27. The van der Waals surface area contributed by atoms with E-state index in [4.69, 9.17) is 21.4 Å². The summed E-state index contributed by atoms with van der Waals surface area (Å²) < 4.78 is 6.99. The van der Waals surface area contributed by atoms with Crippen LogP contribution in [-0.2, 0) is 0 Å². The van der Waals surface area contributed by atoms with E-state index in [9.17, 15) is 4.79 Å². The van der Waals surface area contributed by atoms with Gasteiger partial charge in [0.2, 0.25) is 0 Å². The molecule has 2 aromatic rings. The van der Waals surface area contributed by atoms with Crippen LogP contribution in [0.3, 0.4) is 0 Å². The molecule has 1 aromatic carbocycles. The molecule has 0 atom stereocenters. The van der Waals surface area contributed by atoms with E-state index in [1.165, 1.54) is 10.6 Å². The molecule has 1 N–H and O–H groups in total. The van der Waals surface area contributed by atoms with Crippen molar-refractivity contribution in [2.24, 2.45) is 0 Å². The fourth-order valence-electron chi connectivity index (χ4n) is 1.73. The number of halogens is 1. The summed E-state index contributed by atoms with van der Waals surface area (Å²) in [6, 6.07) is 8.64. The van der Waals surface area contributed by atoms with E-state index < -0.39 is 5.97 Å². The van der Waals surface area contributed by atoms with Crippen LogP contribution in [0.2, 0.25) is 5.02 Å². The molecule has 0 unspecified atom stereocenters. The lowest BCUT2D eigenvalue weighted by molar-refractivity contribution is 0.0688. The summed E-state index contributed by atoms with van der Waals surface area (Å²) >= 11 is 5.86. The van der Waals surface area contributed by atoms with Crippen LogP contribution in [0.5, 0.6) is 5.75 Å². The Kier molecular flexibility index (Phi) is 3.58. The van der Waals surface area contributed by atoms with Crippen molar-refractivity contribution >= 4 is 17.6 Å². The first-order valence-corrected chi connectivity index (χ1v) is 5.84. The molecule has 2 rings (SSSR count). The normalized spacial score (nSPS) is 10.3. The molecule has 4 nitrogen and oxygen atoms in total. The first-order valence-electron chi connectivity index (χ1n) is 5.47. The molecular weight excluding hydrogens is 254 g/mol. The number of nitrogens with zero attached hydrogens (tertiary/aromatic N) is 1. The Morgan fingerprint density at radius 2 is 2.17 bits per heavy atom. The van der Waals surface area contributed by atoms with E-state index >= 15 is 0 Å². The highest BCUT2D eigenvalue weighted by molar-refractivity contribution is 6.31. The van der Waals surface area contributed by atoms with Crippen molar-refractivity contribution in [3.63, 3.8) is 0 Å². The van der Waals surface area contributed by atoms with Crippen LogP contribution >= 0.6 is 11.6 Å². The van der Waals surface area contributed by atoms with E-state index in [0.29, 0.717) is 23.1 Å². The Balaban J connectivity index is 2.58. The second-order valence-corrected chi connectivity index (χ2v) is 4.06. The molecule has 0 spiro atoms. The van der Waals surface area contributed by atoms with Gasteiger partial charge in [-0.1, -0.05) is 23.7 Å². The maximum Gasteiger partial charge on any atom is 0.352 e. The lowest BCUT2D eigenvalue weighted by Crippen LogP contribution is -2.07. The number of benzene rings is 1. The molecule has 0 aliphatic heterocycles. The second kappa shape index (κ2) is 5.14. The summed E-state index contributed by atoms with van der Waals surface area (Å²) in [5, 5.41) is 9.51. The van der Waals surface area contributed by atoms with E-state index in [1.54, 1.807) is 18.3 Å². The van der Waals surface area contributed by atoms with Gasteiger partial charge in [-0.3, -0.25) is 0 Å². The molecular formula is C13H12ClNO3. The zero-order chi connectivity index (χ0) is 13.1. The van der Waals surface area contributed by atoms with Gasteiger partial charge >= 0.3 is 5.97 Å². The minimum absolute atomic E-state index is 0.104. The Morgan fingerprint density at radius 1 is 1.44 bits per heavy atom. The minimum atomic E-state index is -1.03. The van der Waals surface area contributed by atoms with E-state index in [-0.39, 0.29) is 5.69 Å². The van der Waals surface area contributed by atoms with Crippen LogP contribution < -0.4 is 4.74 Å². The third-order valence-corrected chi connectivity index (χ3v) is 2.64. The first-order chi connectivity index (χ1) is 8.63. The number of aromatic nitrogens is 1. The largest absolute Gasteiger partial charge is 0.492 e. The van der Waals surface area contributed by atoms with Gasteiger partial charge in [-0.25, -0.2) is 4.79 Å². The lowest BCUT2D eigenvalue weighted by atomic mass is 10.3. The van der Waals surface area contributed by atoms with E-state index in [0.717, 1.165) is 0 Å². The van der Waals surface area contributed by atoms with Crippen LogP contribution in [0, 0.1) is 0 Å². The highest BCUT2D eigenvalue weighted by atomic mass is 35.5. The van der Waals surface area contributed by atoms with Crippen LogP contribution in [0.4, 0.5) is 0 Å². The Hall–Kier alpha value is -1.94. The zero-order valence-corrected chi connectivity index (χ0v) is 10.5. The van der Waals surface area contributed by atoms with Gasteiger partial charge in [-0.15, -0.1) is 0 Å². The number of carboxylic acid groups (broad SMARTS) is 1. The van der Waals surface area contributed by atoms with Crippen molar-refractivity contribution in [1.82, 2.24) is 4.57 Å². The molecule has 1 heterocycles. The van der Waals surface area contributed by atoms with E-state index in [1.807, 2.05) is 19.1 Å². The summed E-state index contributed by atoms with van der Waals surface area (Å²) in [4.78, 5) is 11.2. The number of rotatable bonds is 4. The topological polar surface area (TPSA) is 51.5 Å². The van der Waals surface area contributed by atoms with Crippen LogP contribution in [0.15, 0.2) is 36.5 Å². The van der Waals surface area contributed by atoms with Crippen molar-refractivity contribution in [2.45, 2.75) is 6.92 Å². The van der Waals surface area contributed by atoms with Crippen molar-refractivity contribution in [3.05, 3.63) is 47.2 Å². The van der Waals surface area contributed by atoms with Gasteiger partial charge in [0.05, 0.1) is 17.3 Å². The number of hydrogen-bond donors (Lipinski definition) is 1. The fourth-order valence-corrected chi connectivity index (χ4v) is 1.93. The van der Waals surface area contributed by atoms with Gasteiger partial charge < -0.3 is 14.4 Å². The van der Waals surface area contributed by atoms with Gasteiger partial charge in [0, 0.05) is 6.20 Å². The monoisotopic (exact) mass is 265 g/mol. The molecule has 5 heteroatoms. The summed E-state index contributed by atoms with van der Waals surface area (Å²) in [7, 11) is 0. The molecule has 0 amide bonds. The number of ether oxygens (including phenoxy) is 1. The highest BCUT2D eigenvalue weighted by Gasteiger charge is 2.15. The lowest BCUT2D eigenvalue weighted by Gasteiger charge is -2.12. The summed E-state index contributed by atoms with van der Waals surface area (Å²) in [6.07, 6.45) is 1.56. The Labute approximate surface area is 109 Å². The SMILES string of the molecule is CCOc1ccccc1-n1cc(Cl)cc1C(=O)O. The molecule has 18 heavy (non-hydrogen) atoms. The Bertz CT molecular complexity index is 577. The number of aromatic carboxylic acids is 1. The van der Waals surface area contributed by atoms with Crippen molar-refractivity contribution in [3.8, 4) is 11.4 Å². The van der Waals surface area contributed by atoms with Gasteiger partial charge in [-0.05, 0) is 25.1 Å². The molecule has 0 saturated heterocycles. The summed E-state index contributed by atoms with van der Waals surface area (Å²) in [6.45, 7) is 2.38. The number of hydrogen-bond acceptors (Lipinski definition) is 2. The number of carboxylic acids is 1. The molecule has 0 fully saturated rings.